The van der Waals surface area contributed by atoms with Gasteiger partial charge in [0.2, 0.25) is 12.3 Å². The molecule has 28 heavy (non-hydrogen) atoms. The normalized spacial score (nSPS) is 21.2. The first-order valence-electron chi connectivity index (χ1n) is 10.1. The number of pyridine rings is 1. The second kappa shape index (κ2) is 7.50. The Hall–Kier alpha value is -2.48. The van der Waals surface area contributed by atoms with Gasteiger partial charge in [-0.25, -0.2) is 5.06 Å². The van der Waals surface area contributed by atoms with Crippen molar-refractivity contribution in [3.05, 3.63) is 30.2 Å². The van der Waals surface area contributed by atoms with Crippen molar-refractivity contribution < 1.29 is 14.8 Å². The molecule has 2 atom stereocenters. The van der Waals surface area contributed by atoms with Gasteiger partial charge in [-0.1, -0.05) is 25.8 Å². The van der Waals surface area contributed by atoms with Crippen molar-refractivity contribution in [1.29, 1.82) is 0 Å². The zero-order valence-electron chi connectivity index (χ0n) is 16.2. The Kier molecular flexibility index (Phi) is 5.05. The van der Waals surface area contributed by atoms with Crippen molar-refractivity contribution in [2.75, 3.05) is 13.1 Å². The number of hydroxylamine groups is 2. The molecule has 2 aromatic rings. The SMILES string of the molecule is CCCC[C@H](CN(O)C=O)C(=O)N1CC2(CC2)C[C@H]1c1nnc2ccccn12. The van der Waals surface area contributed by atoms with Gasteiger partial charge in [-0.3, -0.25) is 19.2 Å². The molecule has 3 heterocycles. The summed E-state index contributed by atoms with van der Waals surface area (Å²) in [6, 6.07) is 5.64. The number of carbonyl (C=O) groups is 2. The van der Waals surface area contributed by atoms with Crippen LogP contribution in [-0.2, 0) is 9.59 Å². The van der Waals surface area contributed by atoms with Crippen LogP contribution in [0, 0.1) is 11.3 Å². The molecule has 0 aromatic carbocycles. The molecule has 0 unspecified atom stereocenters. The van der Waals surface area contributed by atoms with E-state index < -0.39 is 5.92 Å². The van der Waals surface area contributed by atoms with Gasteiger partial charge in [0.1, 0.15) is 0 Å². The highest BCUT2D eigenvalue weighted by atomic mass is 16.5. The summed E-state index contributed by atoms with van der Waals surface area (Å²) in [5, 5.41) is 18.9. The molecule has 1 aliphatic heterocycles. The van der Waals surface area contributed by atoms with E-state index in [1.54, 1.807) is 0 Å². The Bertz CT molecular complexity index is 862. The number of aromatic nitrogens is 3. The molecule has 0 radical (unpaired) electrons. The van der Waals surface area contributed by atoms with Gasteiger partial charge in [0.05, 0.1) is 18.5 Å². The van der Waals surface area contributed by atoms with Gasteiger partial charge in [0, 0.05) is 12.7 Å². The number of hydrogen-bond acceptors (Lipinski definition) is 5. The molecule has 2 aliphatic rings. The topological polar surface area (TPSA) is 91.0 Å². The van der Waals surface area contributed by atoms with Gasteiger partial charge in [-0.15, -0.1) is 10.2 Å². The lowest BCUT2D eigenvalue weighted by Gasteiger charge is -2.29. The number of rotatable bonds is 8. The van der Waals surface area contributed by atoms with Crippen LogP contribution in [0.1, 0.15) is 57.3 Å². The van der Waals surface area contributed by atoms with Gasteiger partial charge >= 0.3 is 0 Å². The van der Waals surface area contributed by atoms with E-state index in [0.717, 1.165) is 43.6 Å². The Morgan fingerprint density at radius 2 is 2.25 bits per heavy atom. The summed E-state index contributed by atoms with van der Waals surface area (Å²) in [6.07, 6.45) is 7.93. The molecule has 150 valence electrons. The molecular weight excluding hydrogens is 358 g/mol. The number of nitrogens with zero attached hydrogens (tertiary/aromatic N) is 5. The summed E-state index contributed by atoms with van der Waals surface area (Å²) in [4.78, 5) is 26.3. The Balaban J connectivity index is 1.63. The second-order valence-corrected chi connectivity index (χ2v) is 8.24. The lowest BCUT2D eigenvalue weighted by molar-refractivity contribution is -0.157. The smallest absolute Gasteiger partial charge is 0.233 e. The molecule has 0 bridgehead atoms. The average Bonchev–Trinajstić information content (AvgIpc) is 3.17. The van der Waals surface area contributed by atoms with Gasteiger partial charge in [-0.05, 0) is 43.2 Å². The molecule has 2 amide bonds. The highest BCUT2D eigenvalue weighted by Gasteiger charge is 2.55. The summed E-state index contributed by atoms with van der Waals surface area (Å²) >= 11 is 0. The van der Waals surface area contributed by atoms with Crippen LogP contribution in [0.3, 0.4) is 0 Å². The summed E-state index contributed by atoms with van der Waals surface area (Å²) < 4.78 is 1.96. The fraction of sp³-hybridized carbons (Fsp3) is 0.600. The third-order valence-corrected chi connectivity index (χ3v) is 6.17. The van der Waals surface area contributed by atoms with Gasteiger partial charge < -0.3 is 4.90 Å². The number of fused-ring (bicyclic) bond motifs is 1. The van der Waals surface area contributed by atoms with Crippen molar-refractivity contribution in [2.45, 2.75) is 51.5 Å². The summed E-state index contributed by atoms with van der Waals surface area (Å²) in [7, 11) is 0. The molecule has 1 saturated heterocycles. The molecule has 2 fully saturated rings. The number of amides is 2. The first kappa shape index (κ1) is 18.9. The zero-order valence-corrected chi connectivity index (χ0v) is 16.2. The number of carbonyl (C=O) groups excluding carboxylic acids is 2. The Labute approximate surface area is 164 Å². The fourth-order valence-corrected chi connectivity index (χ4v) is 4.39. The minimum absolute atomic E-state index is 0.00388. The summed E-state index contributed by atoms with van der Waals surface area (Å²) in [6.45, 7) is 2.81. The highest BCUT2D eigenvalue weighted by molar-refractivity contribution is 5.80. The quantitative estimate of drug-likeness (QED) is 0.428. The summed E-state index contributed by atoms with van der Waals surface area (Å²) in [5.41, 5.74) is 0.964. The maximum atomic E-state index is 13.5. The third-order valence-electron chi connectivity index (χ3n) is 6.17. The van der Waals surface area contributed by atoms with Crippen molar-refractivity contribution in [1.82, 2.24) is 24.6 Å². The van der Waals surface area contributed by atoms with E-state index in [-0.39, 0.29) is 23.9 Å². The predicted octanol–water partition coefficient (Wildman–Crippen LogP) is 2.44. The van der Waals surface area contributed by atoms with E-state index >= 15 is 0 Å². The zero-order chi connectivity index (χ0) is 19.7. The van der Waals surface area contributed by atoms with Crippen LogP contribution in [-0.4, -0.2) is 55.2 Å². The van der Waals surface area contributed by atoms with Crippen LogP contribution in [0.4, 0.5) is 0 Å². The largest absolute Gasteiger partial charge is 0.332 e. The lowest BCUT2D eigenvalue weighted by atomic mass is 9.99. The van der Waals surface area contributed by atoms with Crippen molar-refractivity contribution >= 4 is 18.0 Å². The first-order valence-corrected chi connectivity index (χ1v) is 10.1. The molecule has 8 nitrogen and oxygen atoms in total. The van der Waals surface area contributed by atoms with Crippen molar-refractivity contribution in [3.63, 3.8) is 0 Å². The Morgan fingerprint density at radius 3 is 2.96 bits per heavy atom. The molecule has 1 N–H and O–H groups in total. The fourth-order valence-electron chi connectivity index (χ4n) is 4.39. The predicted molar refractivity (Wildman–Crippen MR) is 101 cm³/mol. The van der Waals surface area contributed by atoms with E-state index in [1.165, 1.54) is 0 Å². The highest BCUT2D eigenvalue weighted by Crippen LogP contribution is 2.58. The van der Waals surface area contributed by atoms with Crippen molar-refractivity contribution in [3.8, 4) is 0 Å². The maximum absolute atomic E-state index is 13.5. The minimum Gasteiger partial charge on any atom is -0.332 e. The molecule has 1 saturated carbocycles. The van der Waals surface area contributed by atoms with Crippen LogP contribution in [0.2, 0.25) is 0 Å². The van der Waals surface area contributed by atoms with E-state index in [9.17, 15) is 14.8 Å². The number of likely N-dealkylation sites (tertiary alicyclic amines) is 1. The van der Waals surface area contributed by atoms with Crippen LogP contribution < -0.4 is 0 Å². The lowest BCUT2D eigenvalue weighted by Crippen LogP contribution is -2.41. The molecule has 2 aromatic heterocycles. The van der Waals surface area contributed by atoms with Crippen LogP contribution >= 0.6 is 0 Å². The van der Waals surface area contributed by atoms with Gasteiger partial charge in [0.25, 0.3) is 0 Å². The Morgan fingerprint density at radius 1 is 1.43 bits per heavy atom. The molecule has 8 heteroatoms. The van der Waals surface area contributed by atoms with E-state index in [4.69, 9.17) is 0 Å². The average molecular weight is 385 g/mol. The number of hydrogen-bond donors (Lipinski definition) is 1. The van der Waals surface area contributed by atoms with E-state index in [0.29, 0.717) is 24.4 Å². The third kappa shape index (κ3) is 3.48. The molecular formula is C20H27N5O3. The van der Waals surface area contributed by atoms with Crippen LogP contribution in [0.5, 0.6) is 0 Å². The molecule has 1 aliphatic carbocycles. The summed E-state index contributed by atoms with van der Waals surface area (Å²) in [5.74, 6) is 0.375. The first-order chi connectivity index (χ1) is 13.6. The minimum atomic E-state index is -0.411. The van der Waals surface area contributed by atoms with Crippen LogP contribution in [0.15, 0.2) is 24.4 Å². The number of unbranched alkanes of at least 4 members (excludes halogenated alkanes) is 1. The molecule has 1 spiro atoms. The van der Waals surface area contributed by atoms with Crippen LogP contribution in [0.25, 0.3) is 5.65 Å². The monoisotopic (exact) mass is 385 g/mol. The standard InChI is InChI=1S/C20H27N5O3/c1-2-3-6-15(12-23(28)14-26)19(27)25-13-20(8-9-20)11-16(25)18-22-21-17-7-4-5-10-24(17)18/h4-5,7,10,14-16,28H,2-3,6,8-9,11-13H2,1H3/t15-,16+/m1/s1. The van der Waals surface area contributed by atoms with Gasteiger partial charge in [-0.2, -0.15) is 0 Å². The van der Waals surface area contributed by atoms with Crippen molar-refractivity contribution in [2.24, 2.45) is 11.3 Å². The second-order valence-electron chi connectivity index (χ2n) is 8.24. The molecule has 4 rings (SSSR count). The van der Waals surface area contributed by atoms with E-state index in [1.807, 2.05) is 33.7 Å². The maximum Gasteiger partial charge on any atom is 0.233 e. The van der Waals surface area contributed by atoms with E-state index in [2.05, 4.69) is 17.1 Å². The van der Waals surface area contributed by atoms with Gasteiger partial charge in [0.15, 0.2) is 11.5 Å².